The molecule has 3 aromatic rings. The summed E-state index contributed by atoms with van der Waals surface area (Å²) in [7, 11) is 0. The second kappa shape index (κ2) is 9.95. The second-order valence-corrected chi connectivity index (χ2v) is 11.2. The lowest BCUT2D eigenvalue weighted by Gasteiger charge is -2.43. The van der Waals surface area contributed by atoms with E-state index in [-0.39, 0.29) is 23.9 Å². The molecule has 2 aliphatic rings. The van der Waals surface area contributed by atoms with Crippen LogP contribution >= 0.6 is 0 Å². The van der Waals surface area contributed by atoms with Crippen molar-refractivity contribution in [3.63, 3.8) is 0 Å². The van der Waals surface area contributed by atoms with Crippen molar-refractivity contribution in [2.75, 3.05) is 32.8 Å². The van der Waals surface area contributed by atoms with E-state index >= 15 is 8.78 Å². The molecule has 2 atom stereocenters. The van der Waals surface area contributed by atoms with E-state index in [4.69, 9.17) is 4.74 Å². The Kier molecular flexibility index (Phi) is 7.00. The molecule has 8 heteroatoms. The summed E-state index contributed by atoms with van der Waals surface area (Å²) < 4.78 is 66.8. The van der Waals surface area contributed by atoms with E-state index in [0.717, 1.165) is 19.5 Å². The third kappa shape index (κ3) is 5.10. The molecule has 0 radical (unpaired) electrons. The summed E-state index contributed by atoms with van der Waals surface area (Å²) in [6.45, 7) is 9.99. The first-order chi connectivity index (χ1) is 17.6. The van der Waals surface area contributed by atoms with Gasteiger partial charge in [-0.3, -0.25) is 9.80 Å². The van der Waals surface area contributed by atoms with E-state index in [0.29, 0.717) is 47.7 Å². The normalized spacial score (nSPS) is 21.3. The molecule has 0 saturated carbocycles. The van der Waals surface area contributed by atoms with Crippen molar-refractivity contribution in [3.8, 4) is 5.75 Å². The summed E-state index contributed by atoms with van der Waals surface area (Å²) in [6, 6.07) is 5.89. The Morgan fingerprint density at radius 1 is 1.08 bits per heavy atom. The molecular formula is C29H35F4N3O. The Morgan fingerprint density at radius 3 is 2.43 bits per heavy atom. The van der Waals surface area contributed by atoms with E-state index in [1.54, 1.807) is 17.0 Å². The van der Waals surface area contributed by atoms with Gasteiger partial charge >= 0.3 is 0 Å². The molecular weight excluding hydrogens is 482 g/mol. The monoisotopic (exact) mass is 517 g/mol. The summed E-state index contributed by atoms with van der Waals surface area (Å²) in [5.41, 5.74) is -0.0643. The van der Waals surface area contributed by atoms with Gasteiger partial charge in [0.15, 0.2) is 0 Å². The average molecular weight is 518 g/mol. The van der Waals surface area contributed by atoms with Gasteiger partial charge < -0.3 is 9.72 Å². The number of nitrogens with zero attached hydrogens (tertiary/aromatic N) is 2. The van der Waals surface area contributed by atoms with E-state index in [1.807, 2.05) is 6.92 Å². The first-order valence-electron chi connectivity index (χ1n) is 13.1. The molecule has 2 aliphatic heterocycles. The predicted octanol–water partition coefficient (Wildman–Crippen LogP) is 6.39. The highest BCUT2D eigenvalue weighted by Crippen LogP contribution is 2.44. The number of likely N-dealkylation sites (tertiary alicyclic amines) is 1. The number of nitrogens with one attached hydrogen (secondary N) is 1. The topological polar surface area (TPSA) is 31.5 Å². The van der Waals surface area contributed by atoms with Gasteiger partial charge in [-0.05, 0) is 50.8 Å². The average Bonchev–Trinajstić information content (AvgIpc) is 3.15. The fourth-order valence-electron chi connectivity index (χ4n) is 5.88. The molecule has 1 aromatic heterocycles. The highest BCUT2D eigenvalue weighted by molar-refractivity contribution is 5.86. The van der Waals surface area contributed by atoms with Gasteiger partial charge in [-0.1, -0.05) is 19.4 Å². The Hall–Kier alpha value is -2.58. The van der Waals surface area contributed by atoms with Crippen LogP contribution < -0.4 is 4.74 Å². The van der Waals surface area contributed by atoms with E-state index in [2.05, 4.69) is 16.8 Å². The van der Waals surface area contributed by atoms with Crippen LogP contribution in [0.5, 0.6) is 5.75 Å². The van der Waals surface area contributed by atoms with Crippen LogP contribution in [-0.4, -0.2) is 59.3 Å². The maximum Gasteiger partial charge on any atom is 0.135 e. The van der Waals surface area contributed by atoms with Gasteiger partial charge in [0, 0.05) is 66.5 Å². The largest absolute Gasteiger partial charge is 0.492 e. The van der Waals surface area contributed by atoms with Crippen molar-refractivity contribution < 1.29 is 22.3 Å². The fraction of sp³-hybridized carbons (Fsp3) is 0.517. The third-order valence-corrected chi connectivity index (χ3v) is 7.75. The van der Waals surface area contributed by atoms with Crippen LogP contribution in [0.3, 0.4) is 0 Å². The minimum Gasteiger partial charge on any atom is -0.492 e. The molecule has 3 heterocycles. The molecule has 5 rings (SSSR count). The number of fused-ring (bicyclic) bond motifs is 3. The molecule has 1 fully saturated rings. The summed E-state index contributed by atoms with van der Waals surface area (Å²) in [5, 5.41) is 0.422. The van der Waals surface area contributed by atoms with Crippen molar-refractivity contribution >= 4 is 10.9 Å². The maximum absolute atomic E-state index is 15.7. The lowest BCUT2D eigenvalue weighted by molar-refractivity contribution is 0.0641. The molecule has 200 valence electrons. The minimum absolute atomic E-state index is 0.0398. The van der Waals surface area contributed by atoms with Crippen LogP contribution in [0, 0.1) is 23.4 Å². The maximum atomic E-state index is 15.7. The Bertz CT molecular complexity index is 1260. The molecule has 1 N–H and O–H groups in total. The summed E-state index contributed by atoms with van der Waals surface area (Å²) in [4.78, 5) is 7.23. The van der Waals surface area contributed by atoms with E-state index in [9.17, 15) is 8.78 Å². The van der Waals surface area contributed by atoms with Crippen LogP contribution in [0.25, 0.3) is 10.9 Å². The van der Waals surface area contributed by atoms with Crippen molar-refractivity contribution in [1.29, 1.82) is 0 Å². The number of rotatable bonds is 8. The van der Waals surface area contributed by atoms with Gasteiger partial charge in [0.1, 0.15) is 35.5 Å². The number of alkyl halides is 1. The SMILES string of the molecule is CCC1CN(CCOc2cc(F)c([C@H]3c4[nH]c5cccc(F)c5c4C[C@H](C)N3CC(C)(C)F)c(F)c2)C1. The number of H-pyrrole nitrogens is 1. The number of hydrogen-bond acceptors (Lipinski definition) is 3. The highest BCUT2D eigenvalue weighted by Gasteiger charge is 2.41. The van der Waals surface area contributed by atoms with Gasteiger partial charge in [0.2, 0.25) is 0 Å². The van der Waals surface area contributed by atoms with Crippen molar-refractivity contribution in [2.45, 2.75) is 58.3 Å². The zero-order chi connectivity index (χ0) is 26.5. The molecule has 0 spiro atoms. The third-order valence-electron chi connectivity index (χ3n) is 7.75. The van der Waals surface area contributed by atoms with E-state index < -0.39 is 29.2 Å². The van der Waals surface area contributed by atoms with Gasteiger partial charge in [-0.15, -0.1) is 0 Å². The number of aromatic amines is 1. The standard InChI is InChI=1S/C29H35F4N3O/c1-5-18-14-35(15-18)9-10-37-19-12-22(31)26(23(32)13-19)28-27-20(11-17(2)36(28)16-29(3,4)33)25-21(30)7-6-8-24(25)34-27/h6-8,12-13,17-18,28,34H,5,9-11,14-16H2,1-4H3/t17-,28-/m0/s1. The Balaban J connectivity index is 1.49. The Labute approximate surface area is 215 Å². The first kappa shape index (κ1) is 26.0. The molecule has 2 aromatic carbocycles. The van der Waals surface area contributed by atoms with Crippen molar-refractivity contribution in [3.05, 3.63) is 64.6 Å². The van der Waals surface area contributed by atoms with Crippen LogP contribution in [0.4, 0.5) is 17.6 Å². The lowest BCUT2D eigenvalue weighted by atomic mass is 9.87. The van der Waals surface area contributed by atoms with Crippen LogP contribution in [0.1, 0.15) is 57.0 Å². The predicted molar refractivity (Wildman–Crippen MR) is 137 cm³/mol. The van der Waals surface area contributed by atoms with Crippen molar-refractivity contribution in [1.82, 2.24) is 14.8 Å². The molecule has 0 bridgehead atoms. The first-order valence-corrected chi connectivity index (χ1v) is 13.1. The van der Waals surface area contributed by atoms with E-state index in [1.165, 1.54) is 32.0 Å². The van der Waals surface area contributed by atoms with Gasteiger partial charge in [-0.2, -0.15) is 0 Å². The smallest absolute Gasteiger partial charge is 0.135 e. The summed E-state index contributed by atoms with van der Waals surface area (Å²) in [6.07, 6.45) is 1.58. The number of halogens is 4. The van der Waals surface area contributed by atoms with Gasteiger partial charge in [0.05, 0.1) is 6.04 Å². The highest BCUT2D eigenvalue weighted by atomic mass is 19.1. The minimum atomic E-state index is -1.61. The van der Waals surface area contributed by atoms with Crippen LogP contribution in [0.15, 0.2) is 30.3 Å². The molecule has 1 saturated heterocycles. The molecule has 0 amide bonds. The molecule has 0 unspecified atom stereocenters. The fourth-order valence-corrected chi connectivity index (χ4v) is 5.88. The van der Waals surface area contributed by atoms with Crippen LogP contribution in [-0.2, 0) is 6.42 Å². The van der Waals surface area contributed by atoms with Gasteiger partial charge in [-0.25, -0.2) is 17.6 Å². The number of ether oxygens (including phenoxy) is 1. The summed E-state index contributed by atoms with van der Waals surface area (Å²) in [5.74, 6) is -1.09. The molecule has 0 aliphatic carbocycles. The molecule has 4 nitrogen and oxygen atoms in total. The summed E-state index contributed by atoms with van der Waals surface area (Å²) >= 11 is 0. The number of aromatic nitrogens is 1. The van der Waals surface area contributed by atoms with Crippen LogP contribution in [0.2, 0.25) is 0 Å². The number of benzene rings is 2. The van der Waals surface area contributed by atoms with Crippen molar-refractivity contribution in [2.24, 2.45) is 5.92 Å². The zero-order valence-electron chi connectivity index (χ0n) is 21.9. The van der Waals surface area contributed by atoms with Gasteiger partial charge in [0.25, 0.3) is 0 Å². The quantitative estimate of drug-likeness (QED) is 0.352. The molecule has 37 heavy (non-hydrogen) atoms. The lowest BCUT2D eigenvalue weighted by Crippen LogP contribution is -2.48. The number of hydrogen-bond donors (Lipinski definition) is 1. The Morgan fingerprint density at radius 2 is 1.78 bits per heavy atom. The zero-order valence-corrected chi connectivity index (χ0v) is 21.9. The second-order valence-electron chi connectivity index (χ2n) is 11.2.